The van der Waals surface area contributed by atoms with E-state index in [9.17, 15) is 0 Å². The highest BCUT2D eigenvalue weighted by atomic mass is 28.4. The second kappa shape index (κ2) is 7.62. The number of hydrogen-bond donors (Lipinski definition) is 0. The van der Waals surface area contributed by atoms with Crippen molar-refractivity contribution in [2.45, 2.75) is 20.8 Å². The maximum absolute atomic E-state index is 5.32. The van der Waals surface area contributed by atoms with E-state index in [1.807, 2.05) is 20.8 Å². The summed E-state index contributed by atoms with van der Waals surface area (Å²) in [6, 6.07) is 0. The standard InChI is InChI=1S/C6H18O5Si2/c1-4-7-13(8-5-2,9-6-3)11-10-12/h4-6H2,1-3,12H3. The second-order valence-electron chi connectivity index (χ2n) is 2.05. The molecule has 0 aliphatic carbocycles. The zero-order valence-corrected chi connectivity index (χ0v) is 11.7. The fourth-order valence-electron chi connectivity index (χ4n) is 0.830. The summed E-state index contributed by atoms with van der Waals surface area (Å²) in [6.45, 7) is 7.02. The van der Waals surface area contributed by atoms with E-state index >= 15 is 0 Å². The molecule has 0 aliphatic heterocycles. The van der Waals surface area contributed by atoms with Crippen molar-refractivity contribution in [1.82, 2.24) is 0 Å². The molecule has 0 spiro atoms. The Balaban J connectivity index is 4.19. The van der Waals surface area contributed by atoms with Gasteiger partial charge in [0.25, 0.3) is 0 Å². The van der Waals surface area contributed by atoms with Crippen LogP contribution in [0.5, 0.6) is 0 Å². The van der Waals surface area contributed by atoms with Crippen LogP contribution in [-0.2, 0) is 22.4 Å². The largest absolute Gasteiger partial charge is 0.706 e. The predicted octanol–water partition coefficient (Wildman–Crippen LogP) is -0.240. The third-order valence-electron chi connectivity index (χ3n) is 1.15. The zero-order valence-electron chi connectivity index (χ0n) is 8.66. The molecule has 0 unspecified atom stereocenters. The Bertz CT molecular complexity index is 94.1. The van der Waals surface area contributed by atoms with E-state index in [2.05, 4.69) is 0 Å². The smallest absolute Gasteiger partial charge is 0.350 e. The van der Waals surface area contributed by atoms with Gasteiger partial charge in [-0.1, -0.05) is 0 Å². The Morgan fingerprint density at radius 3 is 1.54 bits per heavy atom. The van der Waals surface area contributed by atoms with Crippen molar-refractivity contribution in [3.63, 3.8) is 0 Å². The van der Waals surface area contributed by atoms with Crippen LogP contribution in [0, 0.1) is 0 Å². The highest BCUT2D eigenvalue weighted by Gasteiger charge is 2.46. The van der Waals surface area contributed by atoms with Crippen molar-refractivity contribution >= 4 is 19.5 Å². The molecule has 0 rings (SSSR count). The topological polar surface area (TPSA) is 46.2 Å². The van der Waals surface area contributed by atoms with Crippen LogP contribution < -0.4 is 0 Å². The Labute approximate surface area is 83.2 Å². The molecule has 5 nitrogen and oxygen atoms in total. The summed E-state index contributed by atoms with van der Waals surface area (Å²) in [4.78, 5) is 0. The molecule has 0 aromatic rings. The number of rotatable bonds is 8. The normalized spacial score (nSPS) is 12.2. The molecule has 0 saturated heterocycles. The molecule has 0 atom stereocenters. The molecule has 0 N–H and O–H groups in total. The van der Waals surface area contributed by atoms with Crippen molar-refractivity contribution in [3.05, 3.63) is 0 Å². The molecule has 13 heavy (non-hydrogen) atoms. The highest BCUT2D eigenvalue weighted by Crippen LogP contribution is 2.11. The Hall–Kier alpha value is 0.234. The summed E-state index contributed by atoms with van der Waals surface area (Å²) in [6.07, 6.45) is 0. The lowest BCUT2D eigenvalue weighted by atomic mass is 10.9. The van der Waals surface area contributed by atoms with Gasteiger partial charge in [-0.3, -0.25) is 0 Å². The quantitative estimate of drug-likeness (QED) is 0.325. The van der Waals surface area contributed by atoms with E-state index < -0.39 is 9.05 Å². The molecule has 0 amide bonds. The van der Waals surface area contributed by atoms with Crippen molar-refractivity contribution in [3.8, 4) is 0 Å². The molecular weight excluding hydrogens is 208 g/mol. The summed E-state index contributed by atoms with van der Waals surface area (Å²) in [7, 11) is -2.52. The lowest BCUT2D eigenvalue weighted by Crippen LogP contribution is -2.49. The van der Waals surface area contributed by atoms with Gasteiger partial charge in [0.05, 0.1) is 0 Å². The fourth-order valence-corrected chi connectivity index (χ4v) is 3.10. The van der Waals surface area contributed by atoms with Gasteiger partial charge in [0, 0.05) is 19.8 Å². The summed E-state index contributed by atoms with van der Waals surface area (Å²) < 4.78 is 25.6. The minimum absolute atomic E-state index is 0.464. The molecule has 80 valence electrons. The zero-order chi connectivity index (χ0) is 10.2. The third kappa shape index (κ3) is 4.86. The van der Waals surface area contributed by atoms with E-state index in [0.717, 1.165) is 0 Å². The first-order valence-corrected chi connectivity index (χ1v) is 6.83. The van der Waals surface area contributed by atoms with Gasteiger partial charge in [0.1, 0.15) is 0 Å². The summed E-state index contributed by atoms with van der Waals surface area (Å²) in [5, 5.41) is 0. The molecule has 0 bridgehead atoms. The van der Waals surface area contributed by atoms with Crippen LogP contribution in [0.4, 0.5) is 0 Å². The SMILES string of the molecule is CCO[Si](OCC)(OCC)OO[SiH3]. The lowest BCUT2D eigenvalue weighted by Gasteiger charge is -2.24. The maximum Gasteiger partial charge on any atom is 0.706 e. The van der Waals surface area contributed by atoms with Gasteiger partial charge in [0.15, 0.2) is 10.5 Å². The molecular formula is C6H18O5Si2. The van der Waals surface area contributed by atoms with Crippen molar-refractivity contribution < 1.29 is 22.4 Å². The molecule has 0 saturated carbocycles. The van der Waals surface area contributed by atoms with Gasteiger partial charge in [-0.15, -0.1) is 0 Å². The van der Waals surface area contributed by atoms with Crippen molar-refractivity contribution in [2.24, 2.45) is 0 Å². The monoisotopic (exact) mass is 226 g/mol. The van der Waals surface area contributed by atoms with Crippen molar-refractivity contribution in [1.29, 1.82) is 0 Å². The predicted molar refractivity (Wildman–Crippen MR) is 52.7 cm³/mol. The summed E-state index contributed by atoms with van der Waals surface area (Å²) in [5.74, 6) is 0. The molecule has 0 aliphatic rings. The highest BCUT2D eigenvalue weighted by molar-refractivity contribution is 6.53. The minimum atomic E-state index is -2.98. The Morgan fingerprint density at radius 1 is 0.923 bits per heavy atom. The number of hydrogen-bond acceptors (Lipinski definition) is 5. The van der Waals surface area contributed by atoms with Gasteiger partial charge >= 0.3 is 9.05 Å². The molecule has 0 radical (unpaired) electrons. The van der Waals surface area contributed by atoms with E-state index in [1.54, 1.807) is 0 Å². The van der Waals surface area contributed by atoms with Gasteiger partial charge < -0.3 is 17.9 Å². The van der Waals surface area contributed by atoms with Gasteiger partial charge in [-0.25, -0.2) is 4.58 Å². The van der Waals surface area contributed by atoms with Crippen LogP contribution >= 0.6 is 0 Å². The van der Waals surface area contributed by atoms with E-state index in [-0.39, 0.29) is 0 Å². The molecule has 0 heterocycles. The third-order valence-corrected chi connectivity index (χ3v) is 3.95. The van der Waals surface area contributed by atoms with Crippen LogP contribution in [0.25, 0.3) is 0 Å². The molecule has 7 heteroatoms. The average molecular weight is 226 g/mol. The summed E-state index contributed by atoms with van der Waals surface area (Å²) in [5.41, 5.74) is 0. The second-order valence-corrected chi connectivity index (χ2v) is 4.42. The van der Waals surface area contributed by atoms with Crippen molar-refractivity contribution in [2.75, 3.05) is 19.8 Å². The van der Waals surface area contributed by atoms with Crippen LogP contribution in [0.2, 0.25) is 0 Å². The Morgan fingerprint density at radius 2 is 1.31 bits per heavy atom. The van der Waals surface area contributed by atoms with Crippen LogP contribution in [0.3, 0.4) is 0 Å². The van der Waals surface area contributed by atoms with Gasteiger partial charge in [-0.05, 0) is 20.8 Å². The molecule has 0 aromatic carbocycles. The molecule has 0 fully saturated rings. The van der Waals surface area contributed by atoms with Crippen LogP contribution in [0.1, 0.15) is 20.8 Å². The molecule has 0 aromatic heterocycles. The summed E-state index contributed by atoms with van der Waals surface area (Å²) >= 11 is 0. The van der Waals surface area contributed by atoms with Crippen LogP contribution in [-0.4, -0.2) is 39.4 Å². The van der Waals surface area contributed by atoms with Gasteiger partial charge in [0.2, 0.25) is 0 Å². The average Bonchev–Trinajstić information content (AvgIpc) is 2.06. The van der Waals surface area contributed by atoms with Crippen LogP contribution in [0.15, 0.2) is 0 Å². The first-order valence-electron chi connectivity index (χ1n) is 4.38. The van der Waals surface area contributed by atoms with Gasteiger partial charge in [-0.2, -0.15) is 0 Å². The van der Waals surface area contributed by atoms with E-state index in [4.69, 9.17) is 22.4 Å². The first-order chi connectivity index (χ1) is 6.24. The van der Waals surface area contributed by atoms with E-state index in [1.165, 1.54) is 0 Å². The fraction of sp³-hybridized carbons (Fsp3) is 1.00. The van der Waals surface area contributed by atoms with E-state index in [0.29, 0.717) is 30.3 Å². The maximum atomic E-state index is 5.32. The first kappa shape index (κ1) is 13.2. The Kier molecular flexibility index (Phi) is 7.76. The minimum Gasteiger partial charge on any atom is -0.350 e. The lowest BCUT2D eigenvalue weighted by molar-refractivity contribution is -0.196.